The number of benzene rings is 1. The van der Waals surface area contributed by atoms with Crippen molar-refractivity contribution in [3.05, 3.63) is 39.9 Å². The molecule has 0 radical (unpaired) electrons. The van der Waals surface area contributed by atoms with E-state index < -0.39 is 28.3 Å². The Morgan fingerprint density at radius 3 is 2.60 bits per heavy atom. The van der Waals surface area contributed by atoms with Crippen LogP contribution in [0.25, 0.3) is 0 Å². The molecular formula is C13H14N2O5. The molecule has 1 aromatic carbocycles. The number of carbonyl (C=O) groups excluding carboxylic acids is 1. The minimum absolute atomic E-state index is 0.0958. The van der Waals surface area contributed by atoms with Gasteiger partial charge < -0.3 is 10.4 Å². The topological polar surface area (TPSA) is 110 Å². The van der Waals surface area contributed by atoms with Crippen molar-refractivity contribution >= 4 is 17.6 Å². The normalized spacial score (nSPS) is 17.1. The molecule has 1 aromatic rings. The van der Waals surface area contributed by atoms with E-state index in [-0.39, 0.29) is 5.69 Å². The highest BCUT2D eigenvalue weighted by Crippen LogP contribution is 2.36. The smallest absolute Gasteiger partial charge is 0.329 e. The van der Waals surface area contributed by atoms with Gasteiger partial charge in [0.25, 0.3) is 5.69 Å². The summed E-state index contributed by atoms with van der Waals surface area (Å²) in [6, 6.07) is 5.78. The quantitative estimate of drug-likeness (QED) is 0.625. The van der Waals surface area contributed by atoms with Crippen LogP contribution >= 0.6 is 0 Å². The lowest BCUT2D eigenvalue weighted by molar-refractivity contribution is -0.384. The van der Waals surface area contributed by atoms with Gasteiger partial charge in [-0.05, 0) is 25.3 Å². The molecule has 0 aromatic heterocycles. The molecule has 2 N–H and O–H groups in total. The highest BCUT2D eigenvalue weighted by molar-refractivity contribution is 5.92. The standard InChI is InChI=1S/C13H14N2O5/c1-8(9-3-2-4-10(7-9)15(19)20)11(16)14-13(5-6-13)12(17)18/h2-4,7-8H,5-6H2,1H3,(H,14,16)(H,17,18). The van der Waals surface area contributed by atoms with E-state index in [4.69, 9.17) is 5.11 Å². The summed E-state index contributed by atoms with van der Waals surface area (Å²) in [5.41, 5.74) is -0.758. The highest BCUT2D eigenvalue weighted by atomic mass is 16.6. The number of carboxylic acids is 1. The van der Waals surface area contributed by atoms with Crippen LogP contribution in [0.4, 0.5) is 5.69 Å². The lowest BCUT2D eigenvalue weighted by Gasteiger charge is -2.17. The fraction of sp³-hybridized carbons (Fsp3) is 0.385. The zero-order valence-corrected chi connectivity index (χ0v) is 10.8. The van der Waals surface area contributed by atoms with E-state index in [1.807, 2.05) is 0 Å². The van der Waals surface area contributed by atoms with Crippen molar-refractivity contribution in [2.45, 2.75) is 31.2 Å². The van der Waals surface area contributed by atoms with Crippen LogP contribution in [0.3, 0.4) is 0 Å². The summed E-state index contributed by atoms with van der Waals surface area (Å²) < 4.78 is 0. The molecule has 2 rings (SSSR count). The van der Waals surface area contributed by atoms with Crippen LogP contribution in [0.15, 0.2) is 24.3 Å². The minimum Gasteiger partial charge on any atom is -0.480 e. The predicted molar refractivity (Wildman–Crippen MR) is 69.3 cm³/mol. The van der Waals surface area contributed by atoms with Crippen LogP contribution in [0, 0.1) is 10.1 Å². The number of carboxylic acid groups (broad SMARTS) is 1. The number of amides is 1. The molecule has 0 bridgehead atoms. The molecule has 1 fully saturated rings. The van der Waals surface area contributed by atoms with Gasteiger partial charge in [0, 0.05) is 12.1 Å². The zero-order valence-electron chi connectivity index (χ0n) is 10.8. The molecule has 0 aliphatic heterocycles. The van der Waals surface area contributed by atoms with Crippen molar-refractivity contribution in [2.24, 2.45) is 0 Å². The fourth-order valence-electron chi connectivity index (χ4n) is 1.92. The Balaban J connectivity index is 2.13. The van der Waals surface area contributed by atoms with Gasteiger partial charge in [0.15, 0.2) is 0 Å². The van der Waals surface area contributed by atoms with Crippen molar-refractivity contribution in [3.63, 3.8) is 0 Å². The molecule has 0 heterocycles. The van der Waals surface area contributed by atoms with Crippen molar-refractivity contribution in [1.29, 1.82) is 0 Å². The van der Waals surface area contributed by atoms with Crippen LogP contribution in [0.2, 0.25) is 0 Å². The van der Waals surface area contributed by atoms with E-state index in [0.29, 0.717) is 18.4 Å². The summed E-state index contributed by atoms with van der Waals surface area (Å²) in [6.45, 7) is 1.59. The third-order valence-electron chi connectivity index (χ3n) is 3.50. The Labute approximate surface area is 114 Å². The summed E-state index contributed by atoms with van der Waals surface area (Å²) in [5.74, 6) is -2.13. The summed E-state index contributed by atoms with van der Waals surface area (Å²) >= 11 is 0. The number of hydrogen-bond donors (Lipinski definition) is 2. The molecular weight excluding hydrogens is 264 g/mol. The van der Waals surface area contributed by atoms with Gasteiger partial charge in [0.1, 0.15) is 5.54 Å². The summed E-state index contributed by atoms with van der Waals surface area (Å²) in [7, 11) is 0. The number of nitrogens with zero attached hydrogens (tertiary/aromatic N) is 1. The predicted octanol–water partition coefficient (Wildman–Crippen LogP) is 1.43. The minimum atomic E-state index is -1.15. The third-order valence-corrected chi connectivity index (χ3v) is 3.50. The van der Waals surface area contributed by atoms with Crippen LogP contribution < -0.4 is 5.32 Å². The number of carbonyl (C=O) groups is 2. The van der Waals surface area contributed by atoms with Crippen LogP contribution in [0.1, 0.15) is 31.2 Å². The highest BCUT2D eigenvalue weighted by Gasteiger charge is 2.52. The first-order chi connectivity index (χ1) is 9.35. The molecule has 7 nitrogen and oxygen atoms in total. The van der Waals surface area contributed by atoms with Gasteiger partial charge >= 0.3 is 5.97 Å². The molecule has 1 aliphatic rings. The van der Waals surface area contributed by atoms with E-state index in [1.54, 1.807) is 13.0 Å². The monoisotopic (exact) mass is 278 g/mol. The molecule has 1 unspecified atom stereocenters. The van der Waals surface area contributed by atoms with Gasteiger partial charge in [-0.15, -0.1) is 0 Å². The van der Waals surface area contributed by atoms with Gasteiger partial charge in [-0.25, -0.2) is 4.79 Å². The maximum atomic E-state index is 12.0. The summed E-state index contributed by atoms with van der Waals surface area (Å²) in [5, 5.41) is 22.2. The molecule has 1 aliphatic carbocycles. The van der Waals surface area contributed by atoms with Crippen molar-refractivity contribution < 1.29 is 19.6 Å². The molecule has 20 heavy (non-hydrogen) atoms. The Hall–Kier alpha value is -2.44. The number of nitro groups is 1. The SMILES string of the molecule is CC(C(=O)NC1(C(=O)O)CC1)c1cccc([N+](=O)[O-])c1. The second-order valence-electron chi connectivity index (χ2n) is 4.95. The number of hydrogen-bond acceptors (Lipinski definition) is 4. The van der Waals surface area contributed by atoms with E-state index in [9.17, 15) is 19.7 Å². The maximum Gasteiger partial charge on any atom is 0.329 e. The van der Waals surface area contributed by atoms with Crippen molar-refractivity contribution in [3.8, 4) is 0 Å². The van der Waals surface area contributed by atoms with E-state index in [2.05, 4.69) is 5.32 Å². The van der Waals surface area contributed by atoms with Crippen LogP contribution in [0.5, 0.6) is 0 Å². The number of non-ortho nitro benzene ring substituents is 1. The zero-order chi connectivity index (χ0) is 14.9. The Morgan fingerprint density at radius 1 is 1.45 bits per heavy atom. The first-order valence-electron chi connectivity index (χ1n) is 6.15. The summed E-state index contributed by atoms with van der Waals surface area (Å²) in [4.78, 5) is 33.2. The fourth-order valence-corrected chi connectivity index (χ4v) is 1.92. The van der Waals surface area contributed by atoms with Gasteiger partial charge in [0.05, 0.1) is 10.8 Å². The molecule has 7 heteroatoms. The Morgan fingerprint density at radius 2 is 2.10 bits per heavy atom. The van der Waals surface area contributed by atoms with Gasteiger partial charge in [-0.3, -0.25) is 14.9 Å². The molecule has 1 saturated carbocycles. The molecule has 0 saturated heterocycles. The first-order valence-corrected chi connectivity index (χ1v) is 6.15. The Kier molecular flexibility index (Phi) is 3.44. The van der Waals surface area contributed by atoms with E-state index in [0.717, 1.165) is 0 Å². The third kappa shape index (κ3) is 2.61. The van der Waals surface area contributed by atoms with E-state index in [1.165, 1.54) is 18.2 Å². The van der Waals surface area contributed by atoms with Crippen molar-refractivity contribution in [2.75, 3.05) is 0 Å². The van der Waals surface area contributed by atoms with Crippen LogP contribution in [-0.2, 0) is 9.59 Å². The summed E-state index contributed by atoms with van der Waals surface area (Å²) in [6.07, 6.45) is 0.825. The first kappa shape index (κ1) is 14.0. The Bertz CT molecular complexity index is 580. The average molecular weight is 278 g/mol. The lowest BCUT2D eigenvalue weighted by atomic mass is 9.99. The lowest BCUT2D eigenvalue weighted by Crippen LogP contribution is -2.44. The molecule has 1 atom stereocenters. The second-order valence-corrected chi connectivity index (χ2v) is 4.95. The largest absolute Gasteiger partial charge is 0.480 e. The van der Waals surface area contributed by atoms with Crippen LogP contribution in [-0.4, -0.2) is 27.4 Å². The molecule has 106 valence electrons. The number of nitro benzene ring substituents is 1. The second kappa shape index (κ2) is 4.92. The van der Waals surface area contributed by atoms with Crippen molar-refractivity contribution in [1.82, 2.24) is 5.32 Å². The van der Waals surface area contributed by atoms with Gasteiger partial charge in [0.2, 0.25) is 5.91 Å². The van der Waals surface area contributed by atoms with E-state index >= 15 is 0 Å². The number of nitrogens with one attached hydrogen (secondary N) is 1. The molecule has 1 amide bonds. The number of rotatable bonds is 5. The molecule has 0 spiro atoms. The number of aliphatic carboxylic acids is 1. The van der Waals surface area contributed by atoms with Gasteiger partial charge in [-0.1, -0.05) is 12.1 Å². The van der Waals surface area contributed by atoms with Gasteiger partial charge in [-0.2, -0.15) is 0 Å². The average Bonchev–Trinajstić information content (AvgIpc) is 3.19. The maximum absolute atomic E-state index is 12.0.